The van der Waals surface area contributed by atoms with E-state index < -0.39 is 11.9 Å². The average Bonchev–Trinajstić information content (AvgIpc) is 2.15. The van der Waals surface area contributed by atoms with Crippen LogP contribution in [0.3, 0.4) is 0 Å². The Morgan fingerprint density at radius 1 is 1.69 bits per heavy atom. The van der Waals surface area contributed by atoms with Gasteiger partial charge in [-0.15, -0.1) is 0 Å². The number of anilines is 1. The van der Waals surface area contributed by atoms with E-state index in [0.717, 1.165) is 0 Å². The molecule has 0 spiro atoms. The predicted molar refractivity (Wildman–Crippen MR) is 60.3 cm³/mol. The number of hydrogen-bond donors (Lipinski definition) is 2. The Kier molecular flexibility index (Phi) is 4.45. The molecular formula is C9H13ClN4O2. The van der Waals surface area contributed by atoms with E-state index in [2.05, 4.69) is 15.3 Å². The van der Waals surface area contributed by atoms with E-state index in [1.54, 1.807) is 6.92 Å². The third kappa shape index (κ3) is 3.63. The maximum Gasteiger partial charge on any atom is 0.242 e. The van der Waals surface area contributed by atoms with E-state index in [9.17, 15) is 4.79 Å². The Morgan fingerprint density at radius 2 is 2.38 bits per heavy atom. The number of aryl methyl sites for hydroxylation is 1. The van der Waals surface area contributed by atoms with Crippen LogP contribution in [0, 0.1) is 6.92 Å². The standard InChI is InChI=1S/C9H13ClN4O2/c1-5-12-7(10)3-8(13-5)14-6(4-16-2)9(11)15/h3,6H,4H2,1-2H3,(H2,11,15)(H,12,13,14)/t6-/m0/s1. The Labute approximate surface area is 98.2 Å². The highest BCUT2D eigenvalue weighted by Crippen LogP contribution is 2.12. The summed E-state index contributed by atoms with van der Waals surface area (Å²) in [5.74, 6) is 0.434. The van der Waals surface area contributed by atoms with Gasteiger partial charge in [-0.2, -0.15) is 0 Å². The highest BCUT2D eigenvalue weighted by Gasteiger charge is 2.15. The molecule has 16 heavy (non-hydrogen) atoms. The molecule has 0 fully saturated rings. The van der Waals surface area contributed by atoms with Gasteiger partial charge in [0.2, 0.25) is 5.91 Å². The van der Waals surface area contributed by atoms with Gasteiger partial charge in [0.25, 0.3) is 0 Å². The van der Waals surface area contributed by atoms with E-state index >= 15 is 0 Å². The van der Waals surface area contributed by atoms with Gasteiger partial charge >= 0.3 is 0 Å². The van der Waals surface area contributed by atoms with Gasteiger partial charge < -0.3 is 15.8 Å². The van der Waals surface area contributed by atoms with Gasteiger partial charge in [0.15, 0.2) is 0 Å². The van der Waals surface area contributed by atoms with Crippen LogP contribution in [0.4, 0.5) is 5.82 Å². The molecule has 0 aliphatic carbocycles. The van der Waals surface area contributed by atoms with E-state index in [-0.39, 0.29) is 6.61 Å². The fraction of sp³-hybridized carbons (Fsp3) is 0.444. The van der Waals surface area contributed by atoms with Crippen LogP contribution in [0.15, 0.2) is 6.07 Å². The molecule has 1 amide bonds. The summed E-state index contributed by atoms with van der Waals surface area (Å²) in [4.78, 5) is 19.0. The first kappa shape index (κ1) is 12.7. The zero-order chi connectivity index (χ0) is 12.1. The zero-order valence-electron chi connectivity index (χ0n) is 9.03. The van der Waals surface area contributed by atoms with Crippen molar-refractivity contribution in [3.05, 3.63) is 17.0 Å². The van der Waals surface area contributed by atoms with E-state index in [1.807, 2.05) is 0 Å². The maximum absolute atomic E-state index is 11.1. The SMILES string of the molecule is COC[C@H](Nc1cc(Cl)nc(C)n1)C(N)=O. The summed E-state index contributed by atoms with van der Waals surface area (Å²) in [6.45, 7) is 1.86. The second-order valence-electron chi connectivity index (χ2n) is 3.18. The van der Waals surface area contributed by atoms with Crippen molar-refractivity contribution >= 4 is 23.3 Å². The number of methoxy groups -OCH3 is 1. The molecule has 6 nitrogen and oxygen atoms in total. The average molecular weight is 245 g/mol. The first-order chi connectivity index (χ1) is 7.52. The second kappa shape index (κ2) is 5.62. The maximum atomic E-state index is 11.1. The van der Waals surface area contributed by atoms with Crippen molar-refractivity contribution in [3.63, 3.8) is 0 Å². The Hall–Kier alpha value is -1.40. The van der Waals surface area contributed by atoms with Crippen LogP contribution >= 0.6 is 11.6 Å². The number of rotatable bonds is 5. The lowest BCUT2D eigenvalue weighted by molar-refractivity contribution is -0.119. The summed E-state index contributed by atoms with van der Waals surface area (Å²) in [5, 5.41) is 3.13. The van der Waals surface area contributed by atoms with Gasteiger partial charge in [0, 0.05) is 13.2 Å². The molecule has 3 N–H and O–H groups in total. The number of ether oxygens (including phenoxy) is 1. The minimum absolute atomic E-state index is 0.163. The molecule has 7 heteroatoms. The van der Waals surface area contributed by atoms with Crippen molar-refractivity contribution in [2.75, 3.05) is 19.0 Å². The number of primary amides is 1. The molecule has 1 atom stereocenters. The molecule has 1 rings (SSSR count). The van der Waals surface area contributed by atoms with Gasteiger partial charge in [-0.05, 0) is 6.92 Å². The second-order valence-corrected chi connectivity index (χ2v) is 3.57. The first-order valence-corrected chi connectivity index (χ1v) is 4.96. The van der Waals surface area contributed by atoms with Crippen molar-refractivity contribution in [3.8, 4) is 0 Å². The largest absolute Gasteiger partial charge is 0.382 e. The fourth-order valence-electron chi connectivity index (χ4n) is 1.15. The molecule has 0 bridgehead atoms. The van der Waals surface area contributed by atoms with Crippen molar-refractivity contribution in [2.45, 2.75) is 13.0 Å². The minimum Gasteiger partial charge on any atom is -0.382 e. The van der Waals surface area contributed by atoms with Crippen LogP contribution in [-0.2, 0) is 9.53 Å². The zero-order valence-corrected chi connectivity index (χ0v) is 9.78. The van der Waals surface area contributed by atoms with Gasteiger partial charge in [0.1, 0.15) is 22.8 Å². The van der Waals surface area contributed by atoms with Gasteiger partial charge in [-0.1, -0.05) is 11.6 Å². The lowest BCUT2D eigenvalue weighted by Crippen LogP contribution is -2.39. The Bertz CT molecular complexity index is 366. The van der Waals surface area contributed by atoms with Crippen LogP contribution in [-0.4, -0.2) is 35.6 Å². The Balaban J connectivity index is 2.80. The highest BCUT2D eigenvalue weighted by atomic mass is 35.5. The molecule has 0 aliphatic heterocycles. The van der Waals surface area contributed by atoms with Gasteiger partial charge in [-0.3, -0.25) is 4.79 Å². The number of carbonyl (C=O) groups excluding carboxylic acids is 1. The molecule has 0 aromatic carbocycles. The van der Waals surface area contributed by atoms with Crippen LogP contribution in [0.5, 0.6) is 0 Å². The lowest BCUT2D eigenvalue weighted by atomic mass is 10.3. The van der Waals surface area contributed by atoms with Crippen LogP contribution in [0.1, 0.15) is 5.82 Å². The Morgan fingerprint density at radius 3 is 2.88 bits per heavy atom. The molecule has 0 radical (unpaired) electrons. The lowest BCUT2D eigenvalue weighted by Gasteiger charge is -2.15. The molecule has 1 heterocycles. The number of nitrogens with two attached hydrogens (primary N) is 1. The third-order valence-electron chi connectivity index (χ3n) is 1.81. The highest BCUT2D eigenvalue weighted by molar-refractivity contribution is 6.29. The predicted octanol–water partition coefficient (Wildman–Crippen LogP) is 0.351. The van der Waals surface area contributed by atoms with Crippen molar-refractivity contribution < 1.29 is 9.53 Å². The van der Waals surface area contributed by atoms with E-state index in [0.29, 0.717) is 16.8 Å². The number of nitrogens with one attached hydrogen (secondary N) is 1. The monoisotopic (exact) mass is 244 g/mol. The van der Waals surface area contributed by atoms with E-state index in [4.69, 9.17) is 22.1 Å². The molecule has 88 valence electrons. The third-order valence-corrected chi connectivity index (χ3v) is 2.00. The summed E-state index contributed by atoms with van der Waals surface area (Å²) in [6.07, 6.45) is 0. The van der Waals surface area contributed by atoms with Crippen molar-refractivity contribution in [1.29, 1.82) is 0 Å². The number of aromatic nitrogens is 2. The quantitative estimate of drug-likeness (QED) is 0.730. The van der Waals surface area contributed by atoms with Gasteiger partial charge in [0.05, 0.1) is 6.61 Å². The number of amides is 1. The normalized spacial score (nSPS) is 12.2. The summed E-state index contributed by atoms with van der Waals surface area (Å²) in [5.41, 5.74) is 5.19. The van der Waals surface area contributed by atoms with Crippen LogP contribution in [0.25, 0.3) is 0 Å². The number of halogens is 1. The molecule has 1 aromatic rings. The number of nitrogens with zero attached hydrogens (tertiary/aromatic N) is 2. The van der Waals surface area contributed by atoms with Gasteiger partial charge in [-0.25, -0.2) is 9.97 Å². The smallest absolute Gasteiger partial charge is 0.242 e. The summed E-state index contributed by atoms with van der Waals surface area (Å²) >= 11 is 5.75. The molecule has 1 aromatic heterocycles. The van der Waals surface area contributed by atoms with Crippen LogP contribution in [0.2, 0.25) is 5.15 Å². The topological polar surface area (TPSA) is 90.1 Å². The number of carbonyl (C=O) groups is 1. The summed E-state index contributed by atoms with van der Waals surface area (Å²) in [6, 6.07) is 0.871. The summed E-state index contributed by atoms with van der Waals surface area (Å²) < 4.78 is 4.86. The fourth-order valence-corrected chi connectivity index (χ4v) is 1.37. The molecular weight excluding hydrogens is 232 g/mol. The van der Waals surface area contributed by atoms with Crippen molar-refractivity contribution in [1.82, 2.24) is 9.97 Å². The molecule has 0 unspecified atom stereocenters. The minimum atomic E-state index is -0.643. The summed E-state index contributed by atoms with van der Waals surface area (Å²) in [7, 11) is 1.48. The van der Waals surface area contributed by atoms with E-state index in [1.165, 1.54) is 13.2 Å². The van der Waals surface area contributed by atoms with Crippen molar-refractivity contribution in [2.24, 2.45) is 5.73 Å². The number of hydrogen-bond acceptors (Lipinski definition) is 5. The molecule has 0 aliphatic rings. The molecule has 0 saturated heterocycles. The molecule has 0 saturated carbocycles. The van der Waals surface area contributed by atoms with Crippen LogP contribution < -0.4 is 11.1 Å². The first-order valence-electron chi connectivity index (χ1n) is 4.59.